The van der Waals surface area contributed by atoms with Crippen molar-refractivity contribution in [3.8, 4) is 28.3 Å². The van der Waals surface area contributed by atoms with Gasteiger partial charge in [-0.2, -0.15) is 0 Å². The van der Waals surface area contributed by atoms with Crippen LogP contribution in [0.5, 0.6) is 0 Å². The largest absolute Gasteiger partial charge is 0.291 e. The fourth-order valence-electron chi connectivity index (χ4n) is 3.21. The van der Waals surface area contributed by atoms with Crippen molar-refractivity contribution >= 4 is 40.7 Å². The molecule has 5 nitrogen and oxygen atoms in total. The van der Waals surface area contributed by atoms with Crippen molar-refractivity contribution in [2.45, 2.75) is 0 Å². The molecule has 3 N–H and O–H groups in total. The maximum Gasteiger partial charge on any atom is 0.286 e. The number of hydrogen-bond donors (Lipinski definition) is 2. The van der Waals surface area contributed by atoms with Crippen molar-refractivity contribution in [2.75, 3.05) is 0 Å². The predicted molar refractivity (Wildman–Crippen MR) is 121 cm³/mol. The summed E-state index contributed by atoms with van der Waals surface area (Å²) in [6.45, 7) is 0. The zero-order chi connectivity index (χ0) is 21.3. The molecule has 1 aromatic heterocycles. The van der Waals surface area contributed by atoms with Gasteiger partial charge in [-0.05, 0) is 42.5 Å². The second-order valence-corrected chi connectivity index (χ2v) is 7.63. The van der Waals surface area contributed by atoms with Crippen LogP contribution in [-0.4, -0.2) is 15.5 Å². The summed E-state index contributed by atoms with van der Waals surface area (Å²) in [5.41, 5.74) is 4.78. The Hall–Kier alpha value is -2.83. The van der Waals surface area contributed by atoms with Gasteiger partial charge in [0.05, 0.1) is 10.7 Å². The standard InChI is InChI=1S/C22H15Cl3N4O/c23-13-9-11-14(12-10-13)29-20(15-5-1-3-7-17(15)24)19(22(30)28-26)27-21(29)16-6-2-4-8-18(16)25/h1-12H,26H2,(H,28,30). The first kappa shape index (κ1) is 20.4. The number of nitrogens with zero attached hydrogens (tertiary/aromatic N) is 2. The fraction of sp³-hybridized carbons (Fsp3) is 0. The van der Waals surface area contributed by atoms with Crippen LogP contribution >= 0.6 is 34.8 Å². The Balaban J connectivity index is 2.14. The molecule has 0 atom stereocenters. The molecule has 0 fully saturated rings. The maximum absolute atomic E-state index is 12.7. The van der Waals surface area contributed by atoms with E-state index in [0.717, 1.165) is 5.69 Å². The smallest absolute Gasteiger partial charge is 0.286 e. The van der Waals surface area contributed by atoms with Gasteiger partial charge in [0.1, 0.15) is 5.82 Å². The zero-order valence-corrected chi connectivity index (χ0v) is 17.7. The summed E-state index contributed by atoms with van der Waals surface area (Å²) in [7, 11) is 0. The van der Waals surface area contributed by atoms with Crippen LogP contribution in [-0.2, 0) is 0 Å². The van der Waals surface area contributed by atoms with Gasteiger partial charge in [0.2, 0.25) is 0 Å². The third-order valence-corrected chi connectivity index (χ3v) is 5.46. The van der Waals surface area contributed by atoms with E-state index in [1.54, 1.807) is 24.3 Å². The number of halogens is 3. The van der Waals surface area contributed by atoms with Gasteiger partial charge in [-0.3, -0.25) is 14.8 Å². The molecule has 0 spiro atoms. The van der Waals surface area contributed by atoms with Crippen LogP contribution < -0.4 is 11.3 Å². The third-order valence-electron chi connectivity index (χ3n) is 4.55. The number of hydrogen-bond acceptors (Lipinski definition) is 3. The molecule has 0 saturated carbocycles. The minimum atomic E-state index is -0.550. The number of carbonyl (C=O) groups is 1. The number of rotatable bonds is 4. The molecule has 8 heteroatoms. The lowest BCUT2D eigenvalue weighted by atomic mass is 10.1. The molecule has 4 aromatic rings. The lowest BCUT2D eigenvalue weighted by molar-refractivity contribution is 0.0950. The van der Waals surface area contributed by atoms with E-state index < -0.39 is 5.91 Å². The zero-order valence-electron chi connectivity index (χ0n) is 15.4. The van der Waals surface area contributed by atoms with Crippen LogP contribution in [0, 0.1) is 0 Å². The van der Waals surface area contributed by atoms with Gasteiger partial charge < -0.3 is 0 Å². The molecular formula is C22H15Cl3N4O. The molecule has 0 aliphatic heterocycles. The number of imidazole rings is 1. The average Bonchev–Trinajstić information content (AvgIpc) is 3.14. The van der Waals surface area contributed by atoms with E-state index in [4.69, 9.17) is 40.6 Å². The first-order valence-corrected chi connectivity index (χ1v) is 10.0. The lowest BCUT2D eigenvalue weighted by Gasteiger charge is -2.15. The highest BCUT2D eigenvalue weighted by molar-refractivity contribution is 6.34. The van der Waals surface area contributed by atoms with E-state index in [2.05, 4.69) is 10.4 Å². The molecule has 0 radical (unpaired) electrons. The minimum absolute atomic E-state index is 0.121. The third kappa shape index (κ3) is 3.68. The molecule has 0 saturated heterocycles. The van der Waals surface area contributed by atoms with Crippen molar-refractivity contribution in [1.82, 2.24) is 15.0 Å². The Labute approximate surface area is 188 Å². The predicted octanol–water partition coefficient (Wildman–Crippen LogP) is 5.77. The van der Waals surface area contributed by atoms with E-state index in [1.165, 1.54) is 0 Å². The molecular weight excluding hydrogens is 443 g/mol. The topological polar surface area (TPSA) is 72.9 Å². The molecule has 3 aromatic carbocycles. The average molecular weight is 458 g/mol. The van der Waals surface area contributed by atoms with Gasteiger partial charge >= 0.3 is 0 Å². The van der Waals surface area contributed by atoms with Gasteiger partial charge in [-0.1, -0.05) is 65.1 Å². The molecule has 1 amide bonds. The van der Waals surface area contributed by atoms with E-state index in [9.17, 15) is 4.79 Å². The highest BCUT2D eigenvalue weighted by Crippen LogP contribution is 2.38. The Bertz CT molecular complexity index is 1240. The van der Waals surface area contributed by atoms with E-state index in [1.807, 2.05) is 53.1 Å². The minimum Gasteiger partial charge on any atom is -0.291 e. The fourth-order valence-corrected chi connectivity index (χ4v) is 3.78. The molecule has 0 aliphatic carbocycles. The van der Waals surface area contributed by atoms with Gasteiger partial charge in [0, 0.05) is 26.9 Å². The number of nitrogens with two attached hydrogens (primary N) is 1. The van der Waals surface area contributed by atoms with Crippen LogP contribution in [0.1, 0.15) is 10.5 Å². The van der Waals surface area contributed by atoms with Crippen LogP contribution in [0.25, 0.3) is 28.3 Å². The Morgan fingerprint density at radius 3 is 1.97 bits per heavy atom. The molecule has 1 heterocycles. The molecule has 0 bridgehead atoms. The SMILES string of the molecule is NNC(=O)c1nc(-c2ccccc2Cl)n(-c2ccc(Cl)cc2)c1-c1ccccc1Cl. The van der Waals surface area contributed by atoms with Crippen LogP contribution in [0.4, 0.5) is 0 Å². The van der Waals surface area contributed by atoms with Crippen molar-refractivity contribution < 1.29 is 4.79 Å². The van der Waals surface area contributed by atoms with E-state index in [-0.39, 0.29) is 5.69 Å². The highest BCUT2D eigenvalue weighted by atomic mass is 35.5. The molecule has 0 aliphatic rings. The molecule has 4 rings (SSSR count). The van der Waals surface area contributed by atoms with Gasteiger partial charge in [-0.25, -0.2) is 10.8 Å². The second-order valence-electron chi connectivity index (χ2n) is 6.38. The number of nitrogens with one attached hydrogen (secondary N) is 1. The highest BCUT2D eigenvalue weighted by Gasteiger charge is 2.27. The molecule has 150 valence electrons. The summed E-state index contributed by atoms with van der Waals surface area (Å²) in [5, 5.41) is 1.53. The number of benzene rings is 3. The summed E-state index contributed by atoms with van der Waals surface area (Å²) in [4.78, 5) is 17.3. The van der Waals surface area contributed by atoms with Gasteiger partial charge in [-0.15, -0.1) is 0 Å². The van der Waals surface area contributed by atoms with E-state index in [0.29, 0.717) is 37.7 Å². The summed E-state index contributed by atoms with van der Waals surface area (Å²) in [6, 6.07) is 21.6. The molecule has 0 unspecified atom stereocenters. The van der Waals surface area contributed by atoms with Crippen molar-refractivity contribution in [2.24, 2.45) is 5.84 Å². The second kappa shape index (κ2) is 8.50. The van der Waals surface area contributed by atoms with Crippen LogP contribution in [0.2, 0.25) is 15.1 Å². The number of amides is 1. The van der Waals surface area contributed by atoms with Crippen LogP contribution in [0.3, 0.4) is 0 Å². The van der Waals surface area contributed by atoms with Crippen LogP contribution in [0.15, 0.2) is 72.8 Å². The first-order chi connectivity index (χ1) is 14.5. The summed E-state index contributed by atoms with van der Waals surface area (Å²) >= 11 is 19.1. The summed E-state index contributed by atoms with van der Waals surface area (Å²) in [6.07, 6.45) is 0. The quantitative estimate of drug-likeness (QED) is 0.232. The van der Waals surface area contributed by atoms with Crippen molar-refractivity contribution in [3.05, 3.63) is 93.6 Å². The number of aromatic nitrogens is 2. The number of hydrazine groups is 1. The first-order valence-electron chi connectivity index (χ1n) is 8.90. The maximum atomic E-state index is 12.7. The normalized spacial score (nSPS) is 10.8. The van der Waals surface area contributed by atoms with Crippen molar-refractivity contribution in [1.29, 1.82) is 0 Å². The van der Waals surface area contributed by atoms with E-state index >= 15 is 0 Å². The van der Waals surface area contributed by atoms with Gasteiger partial charge in [0.25, 0.3) is 5.91 Å². The lowest BCUT2D eigenvalue weighted by Crippen LogP contribution is -2.30. The number of nitrogen functional groups attached to an aromatic ring is 1. The Morgan fingerprint density at radius 1 is 0.833 bits per heavy atom. The molecule has 30 heavy (non-hydrogen) atoms. The summed E-state index contributed by atoms with van der Waals surface area (Å²) in [5.74, 6) is 5.37. The summed E-state index contributed by atoms with van der Waals surface area (Å²) < 4.78 is 1.82. The number of carbonyl (C=O) groups excluding carboxylic acids is 1. The Morgan fingerprint density at radius 2 is 1.40 bits per heavy atom. The monoisotopic (exact) mass is 456 g/mol. The van der Waals surface area contributed by atoms with Gasteiger partial charge in [0.15, 0.2) is 5.69 Å². The van der Waals surface area contributed by atoms with Crippen molar-refractivity contribution in [3.63, 3.8) is 0 Å². The Kier molecular flexibility index (Phi) is 5.79.